The number of nitrogens with zero attached hydrogens (tertiary/aromatic N) is 4. The summed E-state index contributed by atoms with van der Waals surface area (Å²) in [6.45, 7) is 2.96. The molecule has 1 aromatic carbocycles. The van der Waals surface area contributed by atoms with E-state index in [2.05, 4.69) is 34.8 Å². The predicted molar refractivity (Wildman–Crippen MR) is 93.4 cm³/mol. The lowest BCUT2D eigenvalue weighted by molar-refractivity contribution is 0.292. The Kier molecular flexibility index (Phi) is 3.19. The van der Waals surface area contributed by atoms with Gasteiger partial charge in [0.1, 0.15) is 11.4 Å². The minimum absolute atomic E-state index is 0.429. The van der Waals surface area contributed by atoms with Crippen LogP contribution in [0.5, 0.6) is 5.75 Å². The number of rotatable bonds is 3. The molecular formula is C18H18N4OS. The van der Waals surface area contributed by atoms with E-state index < -0.39 is 0 Å². The Bertz CT molecular complexity index is 883. The van der Waals surface area contributed by atoms with Gasteiger partial charge in [-0.15, -0.1) is 16.4 Å². The zero-order valence-corrected chi connectivity index (χ0v) is 14.3. The number of hydrogen-bond acceptors (Lipinski definition) is 5. The Morgan fingerprint density at radius 3 is 2.96 bits per heavy atom. The molecule has 2 aliphatic rings. The van der Waals surface area contributed by atoms with E-state index in [0.717, 1.165) is 35.3 Å². The molecule has 0 N–H and O–H groups in total. The maximum atomic E-state index is 5.72. The fourth-order valence-corrected chi connectivity index (χ4v) is 3.88. The van der Waals surface area contributed by atoms with E-state index in [1.54, 1.807) is 11.3 Å². The van der Waals surface area contributed by atoms with Gasteiger partial charge in [-0.05, 0) is 37.5 Å². The van der Waals surface area contributed by atoms with Crippen molar-refractivity contribution in [1.29, 1.82) is 0 Å². The summed E-state index contributed by atoms with van der Waals surface area (Å²) in [5.74, 6) is 3.10. The van der Waals surface area contributed by atoms with Gasteiger partial charge in [0, 0.05) is 22.4 Å². The highest BCUT2D eigenvalue weighted by molar-refractivity contribution is 7.07. The first-order valence-corrected chi connectivity index (χ1v) is 9.36. The van der Waals surface area contributed by atoms with Crippen LogP contribution in [0, 0.1) is 0 Å². The van der Waals surface area contributed by atoms with Crippen molar-refractivity contribution < 1.29 is 4.74 Å². The molecule has 2 aromatic heterocycles. The van der Waals surface area contributed by atoms with Crippen LogP contribution in [0.25, 0.3) is 22.9 Å². The zero-order valence-electron chi connectivity index (χ0n) is 13.5. The summed E-state index contributed by atoms with van der Waals surface area (Å²) >= 11 is 1.57. The second kappa shape index (κ2) is 5.41. The van der Waals surface area contributed by atoms with E-state index in [9.17, 15) is 0 Å². The first-order chi connectivity index (χ1) is 11.8. The largest absolute Gasteiger partial charge is 0.493 e. The first-order valence-electron chi connectivity index (χ1n) is 8.42. The average Bonchev–Trinajstić information content (AvgIpc) is 3.25. The minimum Gasteiger partial charge on any atom is -0.493 e. The van der Waals surface area contributed by atoms with Gasteiger partial charge >= 0.3 is 0 Å². The van der Waals surface area contributed by atoms with Gasteiger partial charge in [-0.1, -0.05) is 6.92 Å². The summed E-state index contributed by atoms with van der Waals surface area (Å²) in [6.07, 6.45) is 3.62. The van der Waals surface area contributed by atoms with Gasteiger partial charge < -0.3 is 4.74 Å². The number of fused-ring (bicyclic) bond motifs is 1. The van der Waals surface area contributed by atoms with Crippen LogP contribution in [0.3, 0.4) is 0 Å². The molecule has 1 aliphatic heterocycles. The molecule has 1 atom stereocenters. The third-order valence-corrected chi connectivity index (χ3v) is 5.59. The lowest BCUT2D eigenvalue weighted by atomic mass is 9.93. The van der Waals surface area contributed by atoms with E-state index >= 15 is 0 Å². The topological polar surface area (TPSA) is 52.8 Å². The molecule has 122 valence electrons. The van der Waals surface area contributed by atoms with Crippen molar-refractivity contribution in [3.05, 3.63) is 34.7 Å². The number of ether oxygens (including phenoxy) is 1. The van der Waals surface area contributed by atoms with Crippen LogP contribution >= 0.6 is 11.3 Å². The normalized spacial score (nSPS) is 19.8. The number of aromatic nitrogens is 4. The summed E-state index contributed by atoms with van der Waals surface area (Å²) in [5.41, 5.74) is 5.07. The number of thiazole rings is 1. The minimum atomic E-state index is 0.429. The second-order valence-electron chi connectivity index (χ2n) is 6.63. The lowest BCUT2D eigenvalue weighted by Crippen LogP contribution is -2.19. The van der Waals surface area contributed by atoms with Gasteiger partial charge in [-0.25, -0.2) is 14.6 Å². The molecule has 5 rings (SSSR count). The summed E-state index contributed by atoms with van der Waals surface area (Å²) in [4.78, 5) is 9.20. The zero-order chi connectivity index (χ0) is 16.1. The van der Waals surface area contributed by atoms with Crippen molar-refractivity contribution in [3.63, 3.8) is 0 Å². The van der Waals surface area contributed by atoms with E-state index in [4.69, 9.17) is 14.8 Å². The Hall–Kier alpha value is -2.21. The summed E-state index contributed by atoms with van der Waals surface area (Å²) in [6, 6.07) is 6.84. The van der Waals surface area contributed by atoms with Gasteiger partial charge in [0.15, 0.2) is 5.82 Å². The van der Waals surface area contributed by atoms with Crippen molar-refractivity contribution in [1.82, 2.24) is 19.7 Å². The Balaban J connectivity index is 1.63. The van der Waals surface area contributed by atoms with Gasteiger partial charge in [-0.3, -0.25) is 0 Å². The quantitative estimate of drug-likeness (QED) is 0.715. The van der Waals surface area contributed by atoms with Gasteiger partial charge in [0.05, 0.1) is 18.2 Å². The Labute approximate surface area is 144 Å². The molecule has 0 radical (unpaired) electrons. The molecule has 3 heterocycles. The van der Waals surface area contributed by atoms with Gasteiger partial charge in [-0.2, -0.15) is 0 Å². The Morgan fingerprint density at radius 2 is 2.21 bits per heavy atom. The fourth-order valence-electron chi connectivity index (χ4n) is 3.35. The van der Waals surface area contributed by atoms with Crippen LogP contribution in [-0.2, 0) is 0 Å². The molecule has 0 amide bonds. The number of hydrogen-bond donors (Lipinski definition) is 0. The number of benzene rings is 1. The van der Waals surface area contributed by atoms with Crippen molar-refractivity contribution in [3.8, 4) is 28.7 Å². The van der Waals surface area contributed by atoms with Crippen molar-refractivity contribution in [2.75, 3.05) is 6.61 Å². The monoisotopic (exact) mass is 338 g/mol. The van der Waals surface area contributed by atoms with Gasteiger partial charge in [0.25, 0.3) is 0 Å². The highest BCUT2D eigenvalue weighted by Crippen LogP contribution is 2.39. The van der Waals surface area contributed by atoms with Crippen LogP contribution in [0.1, 0.15) is 43.7 Å². The maximum Gasteiger partial charge on any atom is 0.201 e. The maximum absolute atomic E-state index is 5.72. The average molecular weight is 338 g/mol. The highest BCUT2D eigenvalue weighted by atomic mass is 32.1. The molecule has 0 saturated heterocycles. The van der Waals surface area contributed by atoms with Crippen molar-refractivity contribution >= 4 is 11.3 Å². The molecule has 5 nitrogen and oxygen atoms in total. The van der Waals surface area contributed by atoms with E-state index in [0.29, 0.717) is 12.0 Å². The third kappa shape index (κ3) is 2.17. The molecule has 1 saturated carbocycles. The third-order valence-electron chi connectivity index (χ3n) is 5.00. The summed E-state index contributed by atoms with van der Waals surface area (Å²) < 4.78 is 7.84. The lowest BCUT2D eigenvalue weighted by Gasteiger charge is -2.26. The molecule has 3 aromatic rings. The molecule has 0 spiro atoms. The van der Waals surface area contributed by atoms with Crippen LogP contribution in [0.2, 0.25) is 0 Å². The molecule has 1 aliphatic carbocycles. The molecule has 0 bridgehead atoms. The van der Waals surface area contributed by atoms with Crippen LogP contribution < -0.4 is 4.74 Å². The summed E-state index contributed by atoms with van der Waals surface area (Å²) in [5, 5.41) is 6.78. The van der Waals surface area contributed by atoms with E-state index in [-0.39, 0.29) is 0 Å². The molecule has 24 heavy (non-hydrogen) atoms. The standard InChI is InChI=1S/C18H18N4OS/c1-11-8-23-16-6-5-12(7-14(11)16)18-20-17(15-9-24-10-19-15)21-22(18)13-3-2-4-13/h5-7,9-11,13H,2-4,8H2,1H3. The second-order valence-corrected chi connectivity index (χ2v) is 7.35. The van der Waals surface area contributed by atoms with Crippen LogP contribution in [0.15, 0.2) is 29.1 Å². The molecular weight excluding hydrogens is 320 g/mol. The SMILES string of the molecule is CC1COc2ccc(-c3nc(-c4cscn4)nn3C3CCC3)cc21. The van der Waals surface area contributed by atoms with Crippen molar-refractivity contribution in [2.24, 2.45) is 0 Å². The van der Waals surface area contributed by atoms with Gasteiger partial charge in [0.2, 0.25) is 5.82 Å². The van der Waals surface area contributed by atoms with E-state index in [1.165, 1.54) is 24.8 Å². The highest BCUT2D eigenvalue weighted by Gasteiger charge is 2.27. The van der Waals surface area contributed by atoms with Crippen LogP contribution in [0.4, 0.5) is 0 Å². The van der Waals surface area contributed by atoms with Crippen LogP contribution in [-0.4, -0.2) is 26.4 Å². The van der Waals surface area contributed by atoms with Crippen molar-refractivity contribution in [2.45, 2.75) is 38.1 Å². The predicted octanol–water partition coefficient (Wildman–Crippen LogP) is 4.29. The fraction of sp³-hybridized carbons (Fsp3) is 0.389. The van der Waals surface area contributed by atoms with E-state index in [1.807, 2.05) is 10.9 Å². The molecule has 1 fully saturated rings. The Morgan fingerprint density at radius 1 is 1.29 bits per heavy atom. The smallest absolute Gasteiger partial charge is 0.201 e. The first kappa shape index (κ1) is 14.2. The summed E-state index contributed by atoms with van der Waals surface area (Å²) in [7, 11) is 0. The molecule has 6 heteroatoms. The molecule has 1 unspecified atom stereocenters.